The molecule has 1 aromatic heterocycles. The van der Waals surface area contributed by atoms with Gasteiger partial charge in [-0.3, -0.25) is 9.48 Å². The summed E-state index contributed by atoms with van der Waals surface area (Å²) in [5.74, 6) is 1.23. The molecule has 7 nitrogen and oxygen atoms in total. The highest BCUT2D eigenvalue weighted by Gasteiger charge is 2.18. The summed E-state index contributed by atoms with van der Waals surface area (Å²) in [6.07, 6.45) is 0. The lowest BCUT2D eigenvalue weighted by Crippen LogP contribution is -2.27. The van der Waals surface area contributed by atoms with Crippen LogP contribution in [0.1, 0.15) is 21.6 Å². The summed E-state index contributed by atoms with van der Waals surface area (Å²) in [4.78, 5) is 12.7. The number of hydrogen-bond donors (Lipinski definition) is 1. The fourth-order valence-electron chi connectivity index (χ4n) is 3.53. The van der Waals surface area contributed by atoms with Crippen LogP contribution in [0.5, 0.6) is 11.5 Å². The highest BCUT2D eigenvalue weighted by atomic mass is 16.5. The highest BCUT2D eigenvalue weighted by Crippen LogP contribution is 2.25. The fourth-order valence-corrected chi connectivity index (χ4v) is 3.53. The summed E-state index contributed by atoms with van der Waals surface area (Å²) in [6.45, 7) is 1.89. The summed E-state index contributed by atoms with van der Waals surface area (Å²) in [5, 5.41) is 8.20. The number of fused-ring (bicyclic) bond motifs is 1. The van der Waals surface area contributed by atoms with Crippen LogP contribution in [-0.2, 0) is 17.9 Å². The third-order valence-electron chi connectivity index (χ3n) is 5.27. The van der Waals surface area contributed by atoms with E-state index >= 15 is 0 Å². The Bertz CT molecular complexity index is 1200. The van der Waals surface area contributed by atoms with Crippen LogP contribution in [0.3, 0.4) is 0 Å². The number of hydrogen-bond acceptors (Lipinski definition) is 5. The van der Waals surface area contributed by atoms with Crippen LogP contribution in [0.2, 0.25) is 0 Å². The number of carbonyl (C=O) groups is 1. The van der Waals surface area contributed by atoms with Gasteiger partial charge in [0.25, 0.3) is 5.91 Å². The third-order valence-corrected chi connectivity index (χ3v) is 5.27. The van der Waals surface area contributed by atoms with E-state index in [9.17, 15) is 4.79 Å². The molecule has 7 heteroatoms. The largest absolute Gasteiger partial charge is 0.497 e. The second kappa shape index (κ2) is 10.7. The lowest BCUT2D eigenvalue weighted by molar-refractivity contribution is 0.0933. The van der Waals surface area contributed by atoms with Crippen molar-refractivity contribution >= 4 is 16.8 Å². The average Bonchev–Trinajstić information content (AvgIpc) is 3.22. The molecule has 0 aliphatic carbocycles. The second-order valence-corrected chi connectivity index (χ2v) is 7.56. The Hall–Kier alpha value is -3.84. The first-order valence-corrected chi connectivity index (χ1v) is 10.8. The Balaban J connectivity index is 1.52. The van der Waals surface area contributed by atoms with Gasteiger partial charge in [0.15, 0.2) is 5.69 Å². The van der Waals surface area contributed by atoms with Gasteiger partial charge in [-0.05, 0) is 41.5 Å². The van der Waals surface area contributed by atoms with Crippen LogP contribution in [0.4, 0.5) is 0 Å². The Morgan fingerprint density at radius 1 is 0.939 bits per heavy atom. The van der Waals surface area contributed by atoms with Gasteiger partial charge in [-0.2, -0.15) is 5.10 Å². The quantitative estimate of drug-likeness (QED) is 0.373. The van der Waals surface area contributed by atoms with Crippen LogP contribution in [0.25, 0.3) is 10.9 Å². The van der Waals surface area contributed by atoms with E-state index in [1.54, 1.807) is 14.2 Å². The number of amides is 1. The lowest BCUT2D eigenvalue weighted by atomic mass is 10.1. The van der Waals surface area contributed by atoms with Crippen molar-refractivity contribution in [3.05, 3.63) is 89.6 Å². The topological polar surface area (TPSA) is 74.6 Å². The maximum absolute atomic E-state index is 12.7. The van der Waals surface area contributed by atoms with E-state index in [1.807, 2.05) is 77.5 Å². The summed E-state index contributed by atoms with van der Waals surface area (Å²) < 4.78 is 18.1. The molecule has 0 bridgehead atoms. The summed E-state index contributed by atoms with van der Waals surface area (Å²) in [5.41, 5.74) is 3.39. The first-order chi connectivity index (χ1) is 16.2. The van der Waals surface area contributed by atoms with Crippen LogP contribution in [-0.4, -0.2) is 43.1 Å². The standard InChI is InChI=1S/C26H27N3O4/c1-31-15-14-27-26(30)25-23-16-22(32-2)12-13-24(23)29(28-25)17-19-8-10-21(11-9-19)33-18-20-6-4-3-5-7-20/h3-13,16H,14-15,17-18H2,1-2H3,(H,27,30). The van der Waals surface area contributed by atoms with Crippen molar-refractivity contribution in [2.45, 2.75) is 13.2 Å². The van der Waals surface area contributed by atoms with E-state index in [0.717, 1.165) is 27.8 Å². The molecule has 1 N–H and O–H groups in total. The molecule has 4 aromatic rings. The number of nitrogens with one attached hydrogen (secondary N) is 1. The van der Waals surface area contributed by atoms with E-state index in [4.69, 9.17) is 14.2 Å². The number of nitrogens with zero attached hydrogens (tertiary/aromatic N) is 2. The summed E-state index contributed by atoms with van der Waals surface area (Å²) in [7, 11) is 3.20. The molecule has 0 aliphatic rings. The van der Waals surface area contributed by atoms with Crippen molar-refractivity contribution in [3.63, 3.8) is 0 Å². The maximum Gasteiger partial charge on any atom is 0.272 e. The molecule has 0 fully saturated rings. The molecular formula is C26H27N3O4. The minimum atomic E-state index is -0.242. The molecule has 0 unspecified atom stereocenters. The molecule has 33 heavy (non-hydrogen) atoms. The number of carbonyl (C=O) groups excluding carboxylic acids is 1. The van der Waals surface area contributed by atoms with Crippen LogP contribution >= 0.6 is 0 Å². The Labute approximate surface area is 192 Å². The van der Waals surface area contributed by atoms with Gasteiger partial charge in [0.1, 0.15) is 18.1 Å². The molecule has 1 amide bonds. The maximum atomic E-state index is 12.7. The lowest BCUT2D eigenvalue weighted by Gasteiger charge is -2.08. The predicted molar refractivity (Wildman–Crippen MR) is 127 cm³/mol. The van der Waals surface area contributed by atoms with Gasteiger partial charge in [-0.15, -0.1) is 0 Å². The van der Waals surface area contributed by atoms with Gasteiger partial charge < -0.3 is 19.5 Å². The molecule has 0 aliphatic heterocycles. The number of methoxy groups -OCH3 is 2. The SMILES string of the molecule is COCCNC(=O)c1nn(Cc2ccc(OCc3ccccc3)cc2)c2ccc(OC)cc12. The van der Waals surface area contributed by atoms with Crippen molar-refractivity contribution in [2.24, 2.45) is 0 Å². The molecule has 4 rings (SSSR count). The number of aromatic nitrogens is 2. The van der Waals surface area contributed by atoms with Crippen molar-refractivity contribution in [3.8, 4) is 11.5 Å². The molecule has 0 atom stereocenters. The van der Waals surface area contributed by atoms with Crippen LogP contribution in [0.15, 0.2) is 72.8 Å². The fraction of sp³-hybridized carbons (Fsp3) is 0.231. The van der Waals surface area contributed by atoms with Crippen molar-refractivity contribution < 1.29 is 19.0 Å². The summed E-state index contributed by atoms with van der Waals surface area (Å²) in [6, 6.07) is 23.6. The minimum absolute atomic E-state index is 0.242. The predicted octanol–water partition coefficient (Wildman–Crippen LogP) is 4.05. The Kier molecular flexibility index (Phi) is 7.22. The van der Waals surface area contributed by atoms with E-state index < -0.39 is 0 Å². The first-order valence-electron chi connectivity index (χ1n) is 10.8. The third kappa shape index (κ3) is 5.51. The van der Waals surface area contributed by atoms with Gasteiger partial charge in [0, 0.05) is 19.0 Å². The van der Waals surface area contributed by atoms with E-state index in [1.165, 1.54) is 0 Å². The molecular weight excluding hydrogens is 418 g/mol. The van der Waals surface area contributed by atoms with Gasteiger partial charge in [-0.25, -0.2) is 0 Å². The number of rotatable bonds is 10. The van der Waals surface area contributed by atoms with Crippen molar-refractivity contribution in [1.82, 2.24) is 15.1 Å². The Morgan fingerprint density at radius 2 is 1.70 bits per heavy atom. The van der Waals surface area contributed by atoms with Gasteiger partial charge in [0.2, 0.25) is 0 Å². The average molecular weight is 446 g/mol. The van der Waals surface area contributed by atoms with E-state index in [2.05, 4.69) is 10.4 Å². The normalized spacial score (nSPS) is 10.8. The zero-order valence-corrected chi connectivity index (χ0v) is 18.8. The van der Waals surface area contributed by atoms with Crippen LogP contribution < -0.4 is 14.8 Å². The number of benzene rings is 3. The second-order valence-electron chi connectivity index (χ2n) is 7.56. The monoisotopic (exact) mass is 445 g/mol. The smallest absolute Gasteiger partial charge is 0.272 e. The van der Waals surface area contributed by atoms with Crippen molar-refractivity contribution in [2.75, 3.05) is 27.4 Å². The summed E-state index contributed by atoms with van der Waals surface area (Å²) >= 11 is 0. The molecule has 3 aromatic carbocycles. The molecule has 1 heterocycles. The number of ether oxygens (including phenoxy) is 3. The molecule has 0 saturated heterocycles. The van der Waals surface area contributed by atoms with E-state index in [0.29, 0.717) is 37.7 Å². The highest BCUT2D eigenvalue weighted by molar-refractivity contribution is 6.05. The molecule has 170 valence electrons. The minimum Gasteiger partial charge on any atom is -0.497 e. The van der Waals surface area contributed by atoms with Gasteiger partial charge >= 0.3 is 0 Å². The van der Waals surface area contributed by atoms with Gasteiger partial charge in [0.05, 0.1) is 25.8 Å². The van der Waals surface area contributed by atoms with E-state index in [-0.39, 0.29) is 5.91 Å². The first kappa shape index (κ1) is 22.4. The zero-order valence-electron chi connectivity index (χ0n) is 18.8. The molecule has 0 spiro atoms. The zero-order chi connectivity index (χ0) is 23.0. The van der Waals surface area contributed by atoms with Crippen molar-refractivity contribution in [1.29, 1.82) is 0 Å². The Morgan fingerprint density at radius 3 is 2.42 bits per heavy atom. The van der Waals surface area contributed by atoms with Crippen LogP contribution in [0, 0.1) is 0 Å². The van der Waals surface area contributed by atoms with Gasteiger partial charge in [-0.1, -0.05) is 42.5 Å². The molecule has 0 radical (unpaired) electrons. The molecule has 0 saturated carbocycles.